The van der Waals surface area contributed by atoms with E-state index >= 15 is 0 Å². The number of aryl methyl sites for hydroxylation is 1. The van der Waals surface area contributed by atoms with E-state index in [1.165, 1.54) is 5.56 Å². The minimum Gasteiger partial charge on any atom is -0.384 e. The maximum Gasteiger partial charge on any atom is 0.104 e. The number of benzene rings is 2. The number of aliphatic hydroxyl groups is 1. The van der Waals surface area contributed by atoms with Gasteiger partial charge < -0.3 is 5.11 Å². The molecule has 0 radical (unpaired) electrons. The Balaban J connectivity index is 2.30. The first-order valence-electron chi connectivity index (χ1n) is 6.53. The summed E-state index contributed by atoms with van der Waals surface area (Å²) in [6, 6.07) is 13.7. The molecule has 0 aromatic heterocycles. The molecule has 0 bridgehead atoms. The Morgan fingerprint density at radius 1 is 0.947 bits per heavy atom. The Bertz CT molecular complexity index is 558. The molecule has 0 amide bonds. The zero-order chi connectivity index (χ0) is 14.0. The van der Waals surface area contributed by atoms with Gasteiger partial charge in [0.15, 0.2) is 0 Å². The van der Waals surface area contributed by atoms with Crippen LogP contribution < -0.4 is 0 Å². The third-order valence-corrected chi connectivity index (χ3v) is 3.68. The first-order valence-corrected chi connectivity index (χ1v) is 6.91. The highest BCUT2D eigenvalue weighted by Crippen LogP contribution is 2.27. The topological polar surface area (TPSA) is 20.2 Å². The summed E-state index contributed by atoms with van der Waals surface area (Å²) in [5.74, 6) is 0.503. The molecule has 0 aliphatic heterocycles. The molecule has 0 fully saturated rings. The summed E-state index contributed by atoms with van der Waals surface area (Å²) in [5, 5.41) is 11.1. The van der Waals surface area contributed by atoms with Crippen molar-refractivity contribution < 1.29 is 5.11 Å². The third kappa shape index (κ3) is 3.17. The maximum absolute atomic E-state index is 10.4. The molecule has 0 heterocycles. The second-order valence-corrected chi connectivity index (χ2v) is 5.66. The normalized spacial score (nSPS) is 12.7. The molecule has 1 atom stereocenters. The van der Waals surface area contributed by atoms with E-state index in [9.17, 15) is 5.11 Å². The molecule has 2 heteroatoms. The van der Waals surface area contributed by atoms with Crippen LogP contribution in [0.4, 0.5) is 0 Å². The lowest BCUT2D eigenvalue weighted by Crippen LogP contribution is -2.02. The van der Waals surface area contributed by atoms with Crippen molar-refractivity contribution in [3.63, 3.8) is 0 Å². The van der Waals surface area contributed by atoms with E-state index in [0.29, 0.717) is 10.9 Å². The summed E-state index contributed by atoms with van der Waals surface area (Å²) < 4.78 is 0. The average molecular weight is 275 g/mol. The standard InChI is InChI=1S/C17H19ClO/c1-11(2)13-4-6-14(7-5-13)17(19)16-9-8-15(18)10-12(16)3/h4-11,17,19H,1-3H3. The first-order chi connectivity index (χ1) is 8.99. The zero-order valence-electron chi connectivity index (χ0n) is 11.5. The molecule has 0 spiro atoms. The highest BCUT2D eigenvalue weighted by Gasteiger charge is 2.13. The predicted molar refractivity (Wildman–Crippen MR) is 80.8 cm³/mol. The summed E-state index contributed by atoms with van der Waals surface area (Å²) in [5.41, 5.74) is 4.10. The lowest BCUT2D eigenvalue weighted by molar-refractivity contribution is 0.219. The van der Waals surface area contributed by atoms with Gasteiger partial charge in [-0.1, -0.05) is 55.8 Å². The Morgan fingerprint density at radius 2 is 1.53 bits per heavy atom. The van der Waals surface area contributed by atoms with E-state index in [0.717, 1.165) is 16.7 Å². The van der Waals surface area contributed by atoms with Crippen LogP contribution in [0.15, 0.2) is 42.5 Å². The van der Waals surface area contributed by atoms with E-state index in [1.807, 2.05) is 37.3 Å². The van der Waals surface area contributed by atoms with Gasteiger partial charge in [0.2, 0.25) is 0 Å². The number of rotatable bonds is 3. The van der Waals surface area contributed by atoms with Gasteiger partial charge in [-0.2, -0.15) is 0 Å². The van der Waals surface area contributed by atoms with Gasteiger partial charge in [-0.05, 0) is 47.2 Å². The van der Waals surface area contributed by atoms with Gasteiger partial charge in [0.25, 0.3) is 0 Å². The fourth-order valence-electron chi connectivity index (χ4n) is 2.19. The van der Waals surface area contributed by atoms with E-state index < -0.39 is 6.10 Å². The van der Waals surface area contributed by atoms with E-state index in [2.05, 4.69) is 26.0 Å². The first kappa shape index (κ1) is 14.1. The van der Waals surface area contributed by atoms with E-state index in [-0.39, 0.29) is 0 Å². The van der Waals surface area contributed by atoms with Crippen molar-refractivity contribution in [2.45, 2.75) is 32.8 Å². The van der Waals surface area contributed by atoms with Crippen molar-refractivity contribution in [3.05, 3.63) is 69.7 Å². The minimum atomic E-state index is -0.599. The molecule has 2 rings (SSSR count). The van der Waals surface area contributed by atoms with Crippen LogP contribution in [0.5, 0.6) is 0 Å². The molecule has 1 nitrogen and oxygen atoms in total. The smallest absolute Gasteiger partial charge is 0.104 e. The van der Waals surface area contributed by atoms with Gasteiger partial charge in [0.1, 0.15) is 6.10 Å². The van der Waals surface area contributed by atoms with Crippen LogP contribution >= 0.6 is 11.6 Å². The number of aliphatic hydroxyl groups excluding tert-OH is 1. The van der Waals surface area contributed by atoms with Crippen LogP contribution in [-0.2, 0) is 0 Å². The summed E-state index contributed by atoms with van der Waals surface area (Å²) in [6.45, 7) is 6.29. The van der Waals surface area contributed by atoms with Crippen molar-refractivity contribution in [2.75, 3.05) is 0 Å². The van der Waals surface area contributed by atoms with Gasteiger partial charge >= 0.3 is 0 Å². The van der Waals surface area contributed by atoms with Crippen molar-refractivity contribution in [1.29, 1.82) is 0 Å². The highest BCUT2D eigenvalue weighted by atomic mass is 35.5. The molecule has 19 heavy (non-hydrogen) atoms. The quantitative estimate of drug-likeness (QED) is 0.848. The predicted octanol–water partition coefficient (Wildman–Crippen LogP) is 4.85. The second kappa shape index (κ2) is 5.77. The molecule has 1 N–H and O–H groups in total. The lowest BCUT2D eigenvalue weighted by atomic mass is 9.95. The monoisotopic (exact) mass is 274 g/mol. The Kier molecular flexibility index (Phi) is 4.28. The van der Waals surface area contributed by atoms with Crippen LogP contribution in [0.3, 0.4) is 0 Å². The molecular formula is C17H19ClO. The van der Waals surface area contributed by atoms with Crippen molar-refractivity contribution >= 4 is 11.6 Å². The van der Waals surface area contributed by atoms with Gasteiger partial charge in [-0.25, -0.2) is 0 Å². The Morgan fingerprint density at radius 3 is 2.05 bits per heavy atom. The van der Waals surface area contributed by atoms with Gasteiger partial charge in [0.05, 0.1) is 0 Å². The van der Waals surface area contributed by atoms with Gasteiger partial charge in [-0.3, -0.25) is 0 Å². The largest absolute Gasteiger partial charge is 0.384 e. The lowest BCUT2D eigenvalue weighted by Gasteiger charge is -2.15. The number of hydrogen-bond acceptors (Lipinski definition) is 1. The molecule has 2 aromatic rings. The molecule has 2 aromatic carbocycles. The fourth-order valence-corrected chi connectivity index (χ4v) is 2.42. The zero-order valence-corrected chi connectivity index (χ0v) is 12.3. The van der Waals surface area contributed by atoms with Crippen LogP contribution in [0.25, 0.3) is 0 Å². The maximum atomic E-state index is 10.4. The van der Waals surface area contributed by atoms with Crippen molar-refractivity contribution in [1.82, 2.24) is 0 Å². The van der Waals surface area contributed by atoms with E-state index in [1.54, 1.807) is 0 Å². The van der Waals surface area contributed by atoms with Crippen LogP contribution in [-0.4, -0.2) is 5.11 Å². The van der Waals surface area contributed by atoms with Crippen molar-refractivity contribution in [2.24, 2.45) is 0 Å². The van der Waals surface area contributed by atoms with Crippen LogP contribution in [0.1, 0.15) is 48.1 Å². The van der Waals surface area contributed by atoms with Gasteiger partial charge in [-0.15, -0.1) is 0 Å². The number of halogens is 1. The molecule has 1 unspecified atom stereocenters. The van der Waals surface area contributed by atoms with Crippen LogP contribution in [0, 0.1) is 6.92 Å². The van der Waals surface area contributed by atoms with Crippen LogP contribution in [0.2, 0.25) is 5.02 Å². The molecular weight excluding hydrogens is 256 g/mol. The summed E-state index contributed by atoms with van der Waals surface area (Å²) in [7, 11) is 0. The SMILES string of the molecule is Cc1cc(Cl)ccc1C(O)c1ccc(C(C)C)cc1. The van der Waals surface area contributed by atoms with Crippen molar-refractivity contribution in [3.8, 4) is 0 Å². The average Bonchev–Trinajstić information content (AvgIpc) is 2.38. The molecule has 0 aliphatic rings. The van der Waals surface area contributed by atoms with E-state index in [4.69, 9.17) is 11.6 Å². The third-order valence-electron chi connectivity index (χ3n) is 3.45. The Hall–Kier alpha value is -1.31. The molecule has 100 valence electrons. The van der Waals surface area contributed by atoms with Gasteiger partial charge in [0, 0.05) is 5.02 Å². The second-order valence-electron chi connectivity index (χ2n) is 5.22. The Labute approximate surface area is 119 Å². The summed E-state index contributed by atoms with van der Waals surface area (Å²) in [6.07, 6.45) is -0.599. The minimum absolute atomic E-state index is 0.503. The molecule has 0 saturated heterocycles. The fraction of sp³-hybridized carbons (Fsp3) is 0.294. The summed E-state index contributed by atoms with van der Waals surface area (Å²) >= 11 is 5.94. The highest BCUT2D eigenvalue weighted by molar-refractivity contribution is 6.30. The summed E-state index contributed by atoms with van der Waals surface area (Å²) in [4.78, 5) is 0. The molecule has 0 aliphatic carbocycles. The number of hydrogen-bond donors (Lipinski definition) is 1. The molecule has 0 saturated carbocycles.